The number of hydrogen-bond donors (Lipinski definition) is 0. The first-order valence-corrected chi connectivity index (χ1v) is 7.77. The van der Waals surface area contributed by atoms with Gasteiger partial charge in [0.1, 0.15) is 23.3 Å². The van der Waals surface area contributed by atoms with Crippen molar-refractivity contribution in [1.82, 2.24) is 15.1 Å². The summed E-state index contributed by atoms with van der Waals surface area (Å²) in [5.74, 6) is 1.68. The zero-order chi connectivity index (χ0) is 15.6. The van der Waals surface area contributed by atoms with Crippen LogP contribution in [0.4, 0.5) is 5.82 Å². The lowest BCUT2D eigenvalue weighted by Gasteiger charge is -2.25. The van der Waals surface area contributed by atoms with Crippen LogP contribution in [0.25, 0.3) is 11.1 Å². The summed E-state index contributed by atoms with van der Waals surface area (Å²) in [5.41, 5.74) is 1.29. The van der Waals surface area contributed by atoms with E-state index in [1.54, 1.807) is 6.26 Å². The fourth-order valence-corrected chi connectivity index (χ4v) is 2.99. The summed E-state index contributed by atoms with van der Waals surface area (Å²) < 4.78 is 16.6. The van der Waals surface area contributed by atoms with Crippen molar-refractivity contribution in [3.63, 3.8) is 0 Å². The molecule has 0 spiro atoms. The number of rotatable bonds is 5. The summed E-state index contributed by atoms with van der Waals surface area (Å²) in [4.78, 5) is 10.8. The molecule has 1 atom stereocenters. The van der Waals surface area contributed by atoms with Crippen LogP contribution in [0.3, 0.4) is 0 Å². The van der Waals surface area contributed by atoms with Crippen LogP contribution < -0.4 is 4.90 Å². The Balaban J connectivity index is 1.71. The van der Waals surface area contributed by atoms with Gasteiger partial charge in [0, 0.05) is 13.2 Å². The number of aryl methyl sites for hydroxylation is 1. The zero-order valence-corrected chi connectivity index (χ0v) is 12.9. The average Bonchev–Trinajstić information content (AvgIpc) is 3.30. The largest absolute Gasteiger partial charge is 0.467 e. The SMILES string of the molecule is Cc1noc2ncnc(N(Cc3ccco3)C[C@@H]3CCCO3)c12. The van der Waals surface area contributed by atoms with Crippen molar-refractivity contribution in [2.45, 2.75) is 32.4 Å². The van der Waals surface area contributed by atoms with Crippen molar-refractivity contribution >= 4 is 16.9 Å². The molecule has 1 aliphatic heterocycles. The van der Waals surface area contributed by atoms with Gasteiger partial charge in [0.05, 0.1) is 24.6 Å². The summed E-state index contributed by atoms with van der Waals surface area (Å²) >= 11 is 0. The van der Waals surface area contributed by atoms with Crippen LogP contribution in [0, 0.1) is 6.92 Å². The lowest BCUT2D eigenvalue weighted by Crippen LogP contribution is -2.32. The van der Waals surface area contributed by atoms with Crippen LogP contribution in [-0.2, 0) is 11.3 Å². The number of furan rings is 1. The van der Waals surface area contributed by atoms with E-state index in [4.69, 9.17) is 13.7 Å². The van der Waals surface area contributed by atoms with Gasteiger partial charge in [-0.1, -0.05) is 5.16 Å². The molecule has 3 aromatic rings. The molecule has 1 aliphatic rings. The van der Waals surface area contributed by atoms with Crippen LogP contribution in [0.1, 0.15) is 24.3 Å². The van der Waals surface area contributed by atoms with Gasteiger partial charge < -0.3 is 18.6 Å². The first kappa shape index (κ1) is 14.2. The standard InChI is InChI=1S/C16H18N4O3/c1-11-14-15(17-10-18-16(14)23-19-11)20(8-12-4-2-6-21-12)9-13-5-3-7-22-13/h2,4,6,10,13H,3,5,7-9H2,1H3/t13-/m0/s1. The maximum Gasteiger partial charge on any atom is 0.263 e. The summed E-state index contributed by atoms with van der Waals surface area (Å²) in [6.45, 7) is 4.08. The van der Waals surface area contributed by atoms with Crippen molar-refractivity contribution in [3.05, 3.63) is 36.2 Å². The summed E-state index contributed by atoms with van der Waals surface area (Å²) in [5, 5.41) is 4.85. The highest BCUT2D eigenvalue weighted by Gasteiger charge is 2.24. The lowest BCUT2D eigenvalue weighted by molar-refractivity contribution is 0.115. The molecule has 1 fully saturated rings. The third-order valence-corrected chi connectivity index (χ3v) is 4.10. The third kappa shape index (κ3) is 2.79. The van der Waals surface area contributed by atoms with Crippen molar-refractivity contribution in [2.75, 3.05) is 18.1 Å². The molecule has 0 N–H and O–H groups in total. The molecule has 0 radical (unpaired) electrons. The van der Waals surface area contributed by atoms with Crippen molar-refractivity contribution < 1.29 is 13.7 Å². The highest BCUT2D eigenvalue weighted by molar-refractivity contribution is 5.87. The minimum atomic E-state index is 0.204. The van der Waals surface area contributed by atoms with E-state index in [1.807, 2.05) is 19.1 Å². The first-order valence-electron chi connectivity index (χ1n) is 7.77. The van der Waals surface area contributed by atoms with Crippen molar-refractivity contribution in [1.29, 1.82) is 0 Å². The van der Waals surface area contributed by atoms with Gasteiger partial charge in [-0.05, 0) is 31.9 Å². The third-order valence-electron chi connectivity index (χ3n) is 4.10. The number of aromatic nitrogens is 3. The maximum atomic E-state index is 5.79. The second-order valence-electron chi connectivity index (χ2n) is 5.74. The van der Waals surface area contributed by atoms with E-state index >= 15 is 0 Å². The van der Waals surface area contributed by atoms with E-state index in [1.165, 1.54) is 6.33 Å². The van der Waals surface area contributed by atoms with Gasteiger partial charge in [-0.25, -0.2) is 4.98 Å². The highest BCUT2D eigenvalue weighted by atomic mass is 16.5. The molecule has 0 unspecified atom stereocenters. The van der Waals surface area contributed by atoms with E-state index < -0.39 is 0 Å². The minimum absolute atomic E-state index is 0.204. The molecule has 120 valence electrons. The maximum absolute atomic E-state index is 5.79. The monoisotopic (exact) mass is 314 g/mol. The molecule has 0 aliphatic carbocycles. The molecular weight excluding hydrogens is 296 g/mol. The van der Waals surface area contributed by atoms with Gasteiger partial charge >= 0.3 is 0 Å². The van der Waals surface area contributed by atoms with E-state index in [9.17, 15) is 0 Å². The Bertz CT molecular complexity index is 778. The van der Waals surface area contributed by atoms with Gasteiger partial charge in [0.15, 0.2) is 0 Å². The Kier molecular flexibility index (Phi) is 3.70. The average molecular weight is 314 g/mol. The van der Waals surface area contributed by atoms with Gasteiger partial charge in [-0.2, -0.15) is 4.98 Å². The van der Waals surface area contributed by atoms with E-state index in [0.717, 1.165) is 48.7 Å². The molecule has 4 rings (SSSR count). The van der Waals surface area contributed by atoms with Crippen molar-refractivity contribution in [2.24, 2.45) is 0 Å². The predicted octanol–water partition coefficient (Wildman–Crippen LogP) is 2.70. The quantitative estimate of drug-likeness (QED) is 0.716. The lowest BCUT2D eigenvalue weighted by atomic mass is 10.2. The number of nitrogens with zero attached hydrogens (tertiary/aromatic N) is 4. The Morgan fingerprint density at radius 2 is 2.30 bits per heavy atom. The molecule has 0 amide bonds. The summed E-state index contributed by atoms with van der Waals surface area (Å²) in [6.07, 6.45) is 5.55. The fraction of sp³-hybridized carbons (Fsp3) is 0.438. The van der Waals surface area contributed by atoms with Crippen LogP contribution >= 0.6 is 0 Å². The summed E-state index contributed by atoms with van der Waals surface area (Å²) in [6, 6.07) is 3.85. The molecule has 1 saturated heterocycles. The van der Waals surface area contributed by atoms with E-state index in [2.05, 4.69) is 20.0 Å². The molecule has 0 saturated carbocycles. The fourth-order valence-electron chi connectivity index (χ4n) is 2.99. The minimum Gasteiger partial charge on any atom is -0.467 e. The van der Waals surface area contributed by atoms with Gasteiger partial charge in [0.25, 0.3) is 5.71 Å². The molecule has 4 heterocycles. The summed E-state index contributed by atoms with van der Waals surface area (Å²) in [7, 11) is 0. The predicted molar refractivity (Wildman–Crippen MR) is 83.1 cm³/mol. The Morgan fingerprint density at radius 1 is 1.35 bits per heavy atom. The Morgan fingerprint density at radius 3 is 3.09 bits per heavy atom. The zero-order valence-electron chi connectivity index (χ0n) is 12.9. The Labute approximate surface area is 133 Å². The van der Waals surface area contributed by atoms with Crippen LogP contribution in [-0.4, -0.2) is 34.4 Å². The second-order valence-corrected chi connectivity index (χ2v) is 5.74. The number of anilines is 1. The molecule has 0 aromatic carbocycles. The molecule has 7 nitrogen and oxygen atoms in total. The molecule has 23 heavy (non-hydrogen) atoms. The van der Waals surface area contributed by atoms with Crippen LogP contribution in [0.5, 0.6) is 0 Å². The smallest absolute Gasteiger partial charge is 0.263 e. The number of fused-ring (bicyclic) bond motifs is 1. The molecular formula is C16H18N4O3. The van der Waals surface area contributed by atoms with Gasteiger partial charge in [-0.3, -0.25) is 0 Å². The highest BCUT2D eigenvalue weighted by Crippen LogP contribution is 2.28. The van der Waals surface area contributed by atoms with Gasteiger partial charge in [-0.15, -0.1) is 0 Å². The van der Waals surface area contributed by atoms with E-state index in [-0.39, 0.29) is 6.10 Å². The number of hydrogen-bond acceptors (Lipinski definition) is 7. The molecule has 7 heteroatoms. The number of ether oxygens (including phenoxy) is 1. The van der Waals surface area contributed by atoms with Gasteiger partial charge in [0.2, 0.25) is 0 Å². The van der Waals surface area contributed by atoms with Crippen LogP contribution in [0.2, 0.25) is 0 Å². The second kappa shape index (κ2) is 6.00. The topological polar surface area (TPSA) is 77.4 Å². The normalized spacial score (nSPS) is 17.9. The first-order chi connectivity index (χ1) is 11.3. The molecule has 3 aromatic heterocycles. The van der Waals surface area contributed by atoms with Crippen molar-refractivity contribution in [3.8, 4) is 0 Å². The van der Waals surface area contributed by atoms with E-state index in [0.29, 0.717) is 12.3 Å². The van der Waals surface area contributed by atoms with Crippen LogP contribution in [0.15, 0.2) is 33.7 Å². The molecule has 0 bridgehead atoms. The Hall–Kier alpha value is -2.41.